The monoisotopic (exact) mass is 539 g/mol. The van der Waals surface area contributed by atoms with E-state index in [0.717, 1.165) is 12.1 Å². The van der Waals surface area contributed by atoms with Crippen LogP contribution in [0.4, 0.5) is 24.8 Å². The molecule has 1 saturated heterocycles. The second-order valence-electron chi connectivity index (χ2n) is 8.92. The fraction of sp³-hybridized carbons (Fsp3) is 0.222. The number of hydrogen-bond donors (Lipinski definition) is 0. The third-order valence-electron chi connectivity index (χ3n) is 6.31. The maximum atomic E-state index is 14.0. The van der Waals surface area contributed by atoms with Gasteiger partial charge in [0.15, 0.2) is 9.84 Å². The van der Waals surface area contributed by atoms with Crippen LogP contribution in [-0.2, 0) is 16.0 Å². The van der Waals surface area contributed by atoms with Crippen molar-refractivity contribution >= 4 is 21.5 Å². The number of piperazine rings is 1. The zero-order valence-electron chi connectivity index (χ0n) is 20.4. The van der Waals surface area contributed by atoms with Crippen LogP contribution in [0.2, 0.25) is 0 Å². The van der Waals surface area contributed by atoms with Gasteiger partial charge in [0.2, 0.25) is 5.82 Å². The van der Waals surface area contributed by atoms with E-state index in [-0.39, 0.29) is 16.4 Å². The van der Waals surface area contributed by atoms with Crippen LogP contribution in [-0.4, -0.2) is 55.8 Å². The predicted molar refractivity (Wildman–Crippen MR) is 140 cm³/mol. The molecule has 0 radical (unpaired) electrons. The van der Waals surface area contributed by atoms with Gasteiger partial charge in [-0.1, -0.05) is 48.5 Å². The number of rotatable bonds is 5. The fourth-order valence-electron chi connectivity index (χ4n) is 4.43. The van der Waals surface area contributed by atoms with Gasteiger partial charge in [-0.2, -0.15) is 13.2 Å². The molecule has 2 aromatic carbocycles. The summed E-state index contributed by atoms with van der Waals surface area (Å²) in [5.74, 6) is -0.260. The number of sulfone groups is 1. The van der Waals surface area contributed by atoms with Crippen molar-refractivity contribution in [1.82, 2.24) is 15.0 Å². The fourth-order valence-corrected chi connectivity index (χ4v) is 5.06. The summed E-state index contributed by atoms with van der Waals surface area (Å²) in [5.41, 5.74) is 1.56. The summed E-state index contributed by atoms with van der Waals surface area (Å²) < 4.78 is 66.0. The first-order valence-electron chi connectivity index (χ1n) is 11.9. The van der Waals surface area contributed by atoms with E-state index < -0.39 is 21.8 Å². The third kappa shape index (κ3) is 5.33. The SMILES string of the molecule is CS(=O)(=O)c1ccc(-c2nc(C(F)(F)F)nc(N3CCN(c4ccccn4)CC3)c2-c2ccccc2)cc1. The van der Waals surface area contributed by atoms with Gasteiger partial charge >= 0.3 is 6.18 Å². The molecule has 1 fully saturated rings. The molecule has 0 N–H and O–H groups in total. The lowest BCUT2D eigenvalue weighted by molar-refractivity contribution is -0.144. The Hall–Kier alpha value is -3.99. The predicted octanol–water partition coefficient (Wildman–Crippen LogP) is 4.95. The van der Waals surface area contributed by atoms with Crippen molar-refractivity contribution in [2.24, 2.45) is 0 Å². The topological polar surface area (TPSA) is 79.3 Å². The minimum absolute atomic E-state index is 0.0680. The van der Waals surface area contributed by atoms with Gasteiger partial charge < -0.3 is 9.80 Å². The molecule has 7 nitrogen and oxygen atoms in total. The Morgan fingerprint density at radius 1 is 0.763 bits per heavy atom. The second-order valence-corrected chi connectivity index (χ2v) is 10.9. The molecule has 196 valence electrons. The third-order valence-corrected chi connectivity index (χ3v) is 7.44. The number of benzene rings is 2. The molecule has 1 aliphatic rings. The van der Waals surface area contributed by atoms with Crippen LogP contribution >= 0.6 is 0 Å². The first-order valence-corrected chi connectivity index (χ1v) is 13.8. The first-order chi connectivity index (χ1) is 18.1. The molecule has 38 heavy (non-hydrogen) atoms. The molecule has 0 bridgehead atoms. The average molecular weight is 540 g/mol. The number of anilines is 2. The van der Waals surface area contributed by atoms with E-state index in [4.69, 9.17) is 0 Å². The molecule has 0 amide bonds. The van der Waals surface area contributed by atoms with Crippen molar-refractivity contribution in [3.05, 3.63) is 84.8 Å². The lowest BCUT2D eigenvalue weighted by Crippen LogP contribution is -2.47. The molecule has 0 unspecified atom stereocenters. The van der Waals surface area contributed by atoms with Crippen LogP contribution < -0.4 is 9.80 Å². The number of alkyl halides is 3. The summed E-state index contributed by atoms with van der Waals surface area (Å²) in [6.07, 6.45) is -2.00. The van der Waals surface area contributed by atoms with Crippen molar-refractivity contribution in [3.63, 3.8) is 0 Å². The number of pyridine rings is 1. The minimum atomic E-state index is -4.78. The molecule has 4 aromatic rings. The highest BCUT2D eigenvalue weighted by Crippen LogP contribution is 2.40. The van der Waals surface area contributed by atoms with Crippen LogP contribution in [0, 0.1) is 0 Å². The van der Waals surface area contributed by atoms with Gasteiger partial charge in [-0.15, -0.1) is 0 Å². The van der Waals surface area contributed by atoms with E-state index in [9.17, 15) is 21.6 Å². The molecule has 0 spiro atoms. The molecule has 5 rings (SSSR count). The van der Waals surface area contributed by atoms with Crippen molar-refractivity contribution in [2.45, 2.75) is 11.1 Å². The van der Waals surface area contributed by atoms with Crippen LogP contribution in [0.25, 0.3) is 22.4 Å². The Morgan fingerprint density at radius 3 is 1.97 bits per heavy atom. The summed E-state index contributed by atoms with van der Waals surface area (Å²) in [5, 5.41) is 0. The standard InChI is InChI=1S/C27H24F3N5O2S/c1-38(36,37)21-12-10-20(11-13-21)24-23(19-7-3-2-4-8-19)25(33-26(32-24)27(28,29)30)35-17-15-34(16-18-35)22-9-5-6-14-31-22/h2-14H,15-18H2,1H3. The van der Waals surface area contributed by atoms with Crippen LogP contribution in [0.3, 0.4) is 0 Å². The zero-order chi connectivity index (χ0) is 26.9. The van der Waals surface area contributed by atoms with Crippen molar-refractivity contribution < 1.29 is 21.6 Å². The lowest BCUT2D eigenvalue weighted by Gasteiger charge is -2.37. The van der Waals surface area contributed by atoms with E-state index in [1.165, 1.54) is 24.3 Å². The minimum Gasteiger partial charge on any atom is -0.353 e. The molecule has 0 saturated carbocycles. The first kappa shape index (κ1) is 25.7. The van der Waals surface area contributed by atoms with Crippen LogP contribution in [0.5, 0.6) is 0 Å². The van der Waals surface area contributed by atoms with Gasteiger partial charge in [0.05, 0.1) is 16.2 Å². The molecule has 0 atom stereocenters. The molecular formula is C27H24F3N5O2S. The summed E-state index contributed by atoms with van der Waals surface area (Å²) in [4.78, 5) is 16.4. The molecular weight excluding hydrogens is 515 g/mol. The largest absolute Gasteiger partial charge is 0.451 e. The van der Waals surface area contributed by atoms with Crippen LogP contribution in [0.1, 0.15) is 5.82 Å². The Balaban J connectivity index is 1.64. The molecule has 1 aliphatic heterocycles. The highest BCUT2D eigenvalue weighted by atomic mass is 32.2. The second kappa shape index (κ2) is 10.1. The molecule has 2 aromatic heterocycles. The van der Waals surface area contributed by atoms with E-state index in [2.05, 4.69) is 19.9 Å². The van der Waals surface area contributed by atoms with Crippen LogP contribution in [0.15, 0.2) is 83.9 Å². The van der Waals surface area contributed by atoms with Gasteiger partial charge in [-0.25, -0.2) is 23.4 Å². The van der Waals surface area contributed by atoms with Crippen molar-refractivity contribution in [1.29, 1.82) is 0 Å². The Morgan fingerprint density at radius 2 is 1.39 bits per heavy atom. The summed E-state index contributed by atoms with van der Waals surface area (Å²) >= 11 is 0. The van der Waals surface area contributed by atoms with Gasteiger partial charge in [0, 0.05) is 44.2 Å². The van der Waals surface area contributed by atoms with Gasteiger partial charge in [-0.05, 0) is 29.8 Å². The quantitative estimate of drug-likeness (QED) is 0.355. The zero-order valence-corrected chi connectivity index (χ0v) is 21.2. The van der Waals surface area contributed by atoms with E-state index in [1.54, 1.807) is 30.5 Å². The summed E-state index contributed by atoms with van der Waals surface area (Å²) in [7, 11) is -3.48. The Kier molecular flexibility index (Phi) is 6.78. The van der Waals surface area contributed by atoms with Gasteiger partial charge in [0.1, 0.15) is 11.6 Å². The number of halogens is 3. The number of nitrogens with zero attached hydrogens (tertiary/aromatic N) is 5. The number of hydrogen-bond acceptors (Lipinski definition) is 7. The van der Waals surface area contributed by atoms with E-state index in [0.29, 0.717) is 42.9 Å². The maximum absolute atomic E-state index is 14.0. The normalized spacial score (nSPS) is 14.5. The summed E-state index contributed by atoms with van der Waals surface area (Å²) in [6, 6.07) is 20.3. The van der Waals surface area contributed by atoms with Crippen molar-refractivity contribution in [2.75, 3.05) is 42.2 Å². The van der Waals surface area contributed by atoms with E-state index in [1.807, 2.05) is 29.2 Å². The summed E-state index contributed by atoms with van der Waals surface area (Å²) in [6.45, 7) is 1.96. The Bertz CT molecular complexity index is 1520. The highest BCUT2D eigenvalue weighted by molar-refractivity contribution is 7.90. The average Bonchev–Trinajstić information content (AvgIpc) is 2.92. The Labute approximate surface area is 218 Å². The molecule has 3 heterocycles. The molecule has 11 heteroatoms. The smallest absolute Gasteiger partial charge is 0.353 e. The maximum Gasteiger partial charge on any atom is 0.451 e. The van der Waals surface area contributed by atoms with Gasteiger partial charge in [-0.3, -0.25) is 0 Å². The molecule has 0 aliphatic carbocycles. The lowest BCUT2D eigenvalue weighted by atomic mass is 9.98. The van der Waals surface area contributed by atoms with Crippen molar-refractivity contribution in [3.8, 4) is 22.4 Å². The van der Waals surface area contributed by atoms with E-state index >= 15 is 0 Å². The number of aromatic nitrogens is 3. The van der Waals surface area contributed by atoms with Gasteiger partial charge in [0.25, 0.3) is 0 Å². The highest BCUT2D eigenvalue weighted by Gasteiger charge is 2.38.